The highest BCUT2D eigenvalue weighted by atomic mass is 35.5. The van der Waals surface area contributed by atoms with Crippen molar-refractivity contribution in [2.24, 2.45) is 17.8 Å². The summed E-state index contributed by atoms with van der Waals surface area (Å²) >= 11 is 6.44. The Hall–Kier alpha value is -1.04. The molecule has 1 aromatic rings. The highest BCUT2D eigenvalue weighted by Gasteiger charge is 2.36. The number of hydrogen-bond donors (Lipinski definition) is 0. The highest BCUT2D eigenvalue weighted by Crippen LogP contribution is 2.43. The minimum Gasteiger partial charge on any atom is -0.368 e. The van der Waals surface area contributed by atoms with Gasteiger partial charge in [0.2, 0.25) is 0 Å². The Balaban J connectivity index is 1.42. The van der Waals surface area contributed by atoms with Crippen LogP contribution in [0.5, 0.6) is 0 Å². The molecule has 6 heteroatoms. The van der Waals surface area contributed by atoms with Crippen LogP contribution < -0.4 is 4.90 Å². The fourth-order valence-electron chi connectivity index (χ4n) is 4.89. The van der Waals surface area contributed by atoms with E-state index in [-0.39, 0.29) is 0 Å². The van der Waals surface area contributed by atoms with Crippen LogP contribution in [0.2, 0.25) is 5.02 Å². The van der Waals surface area contributed by atoms with Crippen molar-refractivity contribution in [1.29, 1.82) is 0 Å². The summed E-state index contributed by atoms with van der Waals surface area (Å²) in [6.07, 6.45) is 8.79. The lowest BCUT2D eigenvalue weighted by molar-refractivity contribution is 0.204. The van der Waals surface area contributed by atoms with Gasteiger partial charge in [-0.05, 0) is 55.2 Å². The first-order chi connectivity index (χ1) is 12.3. The van der Waals surface area contributed by atoms with Crippen molar-refractivity contribution in [2.45, 2.75) is 24.7 Å². The maximum absolute atomic E-state index is 12.0. The minimum absolute atomic E-state index is 0.382. The lowest BCUT2D eigenvalue weighted by Crippen LogP contribution is -2.48. The molecule has 26 heavy (non-hydrogen) atoms. The molecular formula is C20H27ClN2O2S. The fraction of sp³-hybridized carbons (Fsp3) is 0.600. The number of hydrogen-bond acceptors (Lipinski definition) is 4. The number of sulfone groups is 1. The molecule has 0 radical (unpaired) electrons. The van der Waals surface area contributed by atoms with Crippen molar-refractivity contribution in [3.63, 3.8) is 0 Å². The Morgan fingerprint density at radius 3 is 2.42 bits per heavy atom. The number of aryl methyl sites for hydroxylation is 1. The van der Waals surface area contributed by atoms with Gasteiger partial charge in [0.05, 0.1) is 15.6 Å². The zero-order chi connectivity index (χ0) is 18.5. The van der Waals surface area contributed by atoms with E-state index in [0.29, 0.717) is 15.5 Å². The van der Waals surface area contributed by atoms with Gasteiger partial charge in [0, 0.05) is 39.0 Å². The van der Waals surface area contributed by atoms with Gasteiger partial charge in [-0.2, -0.15) is 0 Å². The van der Waals surface area contributed by atoms with Gasteiger partial charge in [-0.25, -0.2) is 8.42 Å². The zero-order valence-corrected chi connectivity index (χ0v) is 17.1. The smallest absolute Gasteiger partial charge is 0.175 e. The molecule has 2 fully saturated rings. The van der Waals surface area contributed by atoms with Gasteiger partial charge in [0.1, 0.15) is 0 Å². The summed E-state index contributed by atoms with van der Waals surface area (Å²) in [5.74, 6) is 2.44. The second-order valence-corrected chi connectivity index (χ2v) is 10.6. The molecule has 1 aromatic carbocycles. The van der Waals surface area contributed by atoms with E-state index in [1.165, 1.54) is 25.6 Å². The lowest BCUT2D eigenvalue weighted by Gasteiger charge is -2.38. The summed E-state index contributed by atoms with van der Waals surface area (Å²) in [7, 11) is -3.25. The molecule has 3 atom stereocenters. The molecule has 1 saturated heterocycles. The number of fused-ring (bicyclic) bond motifs is 2. The van der Waals surface area contributed by atoms with Crippen LogP contribution in [-0.2, 0) is 9.84 Å². The van der Waals surface area contributed by atoms with E-state index in [9.17, 15) is 8.42 Å². The van der Waals surface area contributed by atoms with Crippen LogP contribution in [0.1, 0.15) is 18.4 Å². The molecular weight excluding hydrogens is 368 g/mol. The van der Waals surface area contributed by atoms with Crippen LogP contribution in [0.4, 0.5) is 5.69 Å². The fourth-order valence-corrected chi connectivity index (χ4v) is 6.20. The number of rotatable bonds is 4. The molecule has 4 rings (SSSR count). The first-order valence-electron chi connectivity index (χ1n) is 9.47. The monoisotopic (exact) mass is 394 g/mol. The number of anilines is 1. The molecule has 3 unspecified atom stereocenters. The maximum Gasteiger partial charge on any atom is 0.175 e. The van der Waals surface area contributed by atoms with Gasteiger partial charge in [0.25, 0.3) is 0 Å². The quantitative estimate of drug-likeness (QED) is 0.734. The number of piperazine rings is 1. The van der Waals surface area contributed by atoms with Crippen LogP contribution in [0.3, 0.4) is 0 Å². The van der Waals surface area contributed by atoms with Crippen molar-refractivity contribution in [3.8, 4) is 0 Å². The molecule has 0 N–H and O–H groups in total. The number of benzene rings is 1. The number of nitrogens with zero attached hydrogens (tertiary/aromatic N) is 2. The third kappa shape index (κ3) is 3.54. The molecule has 4 nitrogen and oxygen atoms in total. The van der Waals surface area contributed by atoms with Gasteiger partial charge >= 0.3 is 0 Å². The molecule has 1 heterocycles. The third-order valence-electron chi connectivity index (χ3n) is 6.27. The van der Waals surface area contributed by atoms with Gasteiger partial charge in [-0.15, -0.1) is 0 Å². The van der Waals surface area contributed by atoms with E-state index in [4.69, 9.17) is 11.6 Å². The highest BCUT2D eigenvalue weighted by molar-refractivity contribution is 7.90. The van der Waals surface area contributed by atoms with Gasteiger partial charge in [-0.1, -0.05) is 23.8 Å². The van der Waals surface area contributed by atoms with Crippen molar-refractivity contribution >= 4 is 27.1 Å². The summed E-state index contributed by atoms with van der Waals surface area (Å²) in [6, 6.07) is 3.53. The average molecular weight is 395 g/mol. The van der Waals surface area contributed by atoms with Crippen LogP contribution in [0.15, 0.2) is 29.2 Å². The van der Waals surface area contributed by atoms with E-state index >= 15 is 0 Å². The molecule has 0 aromatic heterocycles. The Morgan fingerprint density at radius 1 is 1.12 bits per heavy atom. The third-order valence-corrected chi connectivity index (χ3v) is 7.81. The molecule has 142 valence electrons. The van der Waals surface area contributed by atoms with E-state index in [0.717, 1.165) is 49.6 Å². The molecule has 0 spiro atoms. The van der Waals surface area contributed by atoms with Gasteiger partial charge in [0.15, 0.2) is 9.84 Å². The van der Waals surface area contributed by atoms with Crippen LogP contribution in [-0.4, -0.2) is 52.3 Å². The average Bonchev–Trinajstić information content (AvgIpc) is 3.17. The molecule has 1 saturated carbocycles. The topological polar surface area (TPSA) is 40.6 Å². The standard InChI is InChI=1S/C20H27ClN2O2S/c1-14-9-18(21)19(12-20(14)26(2,24)25)23-7-5-22(6-8-23)13-17-11-15-3-4-16(17)10-15/h3-4,9,12,15-17H,5-8,10-11,13H2,1-2H3. The molecule has 1 aliphatic heterocycles. The van der Waals surface area contributed by atoms with Crippen molar-refractivity contribution in [2.75, 3.05) is 43.9 Å². The molecule has 3 aliphatic rings. The molecule has 0 amide bonds. The van der Waals surface area contributed by atoms with E-state index in [1.807, 2.05) is 0 Å². The zero-order valence-electron chi connectivity index (χ0n) is 15.5. The normalized spacial score (nSPS) is 28.9. The van der Waals surface area contributed by atoms with Crippen LogP contribution in [0.25, 0.3) is 0 Å². The van der Waals surface area contributed by atoms with Crippen molar-refractivity contribution in [1.82, 2.24) is 4.90 Å². The van der Waals surface area contributed by atoms with Crippen LogP contribution in [0, 0.1) is 24.7 Å². The Morgan fingerprint density at radius 2 is 1.85 bits per heavy atom. The second-order valence-electron chi connectivity index (χ2n) is 8.17. The summed E-state index contributed by atoms with van der Waals surface area (Å²) in [4.78, 5) is 5.18. The predicted octanol–water partition coefficient (Wildman–Crippen LogP) is 3.39. The van der Waals surface area contributed by atoms with Crippen molar-refractivity contribution < 1.29 is 8.42 Å². The predicted molar refractivity (Wildman–Crippen MR) is 107 cm³/mol. The number of halogens is 1. The second kappa shape index (κ2) is 6.84. The lowest BCUT2D eigenvalue weighted by atomic mass is 9.93. The summed E-state index contributed by atoms with van der Waals surface area (Å²) in [5, 5.41) is 0.640. The maximum atomic E-state index is 12.0. The first-order valence-corrected chi connectivity index (χ1v) is 11.7. The molecule has 2 bridgehead atoms. The van der Waals surface area contributed by atoms with E-state index < -0.39 is 9.84 Å². The first kappa shape index (κ1) is 18.3. The van der Waals surface area contributed by atoms with Gasteiger partial charge < -0.3 is 4.90 Å². The van der Waals surface area contributed by atoms with Gasteiger partial charge in [-0.3, -0.25) is 4.90 Å². The Kier molecular flexibility index (Phi) is 4.82. The minimum atomic E-state index is -3.25. The SMILES string of the molecule is Cc1cc(Cl)c(N2CCN(CC3CC4C=CC3C4)CC2)cc1S(C)(=O)=O. The van der Waals surface area contributed by atoms with Crippen LogP contribution >= 0.6 is 11.6 Å². The number of allylic oxidation sites excluding steroid dienone is 2. The Bertz CT molecular complexity index is 828. The van der Waals surface area contributed by atoms with E-state index in [1.54, 1.807) is 19.1 Å². The Labute approximate surface area is 161 Å². The summed E-state index contributed by atoms with van der Waals surface area (Å²) < 4.78 is 24.1. The van der Waals surface area contributed by atoms with Crippen molar-refractivity contribution in [3.05, 3.63) is 34.9 Å². The summed E-state index contributed by atoms with van der Waals surface area (Å²) in [6.45, 7) is 6.79. The molecule has 2 aliphatic carbocycles. The summed E-state index contributed by atoms with van der Waals surface area (Å²) in [5.41, 5.74) is 1.56. The largest absolute Gasteiger partial charge is 0.368 e. The van der Waals surface area contributed by atoms with E-state index in [2.05, 4.69) is 22.0 Å².